The highest BCUT2D eigenvalue weighted by molar-refractivity contribution is 5.82. The van der Waals surface area contributed by atoms with E-state index in [0.717, 1.165) is 6.42 Å². The van der Waals surface area contributed by atoms with E-state index in [0.29, 0.717) is 11.8 Å². The summed E-state index contributed by atoms with van der Waals surface area (Å²) in [5.41, 5.74) is 0. The first-order valence-corrected chi connectivity index (χ1v) is 7.32. The lowest BCUT2D eigenvalue weighted by molar-refractivity contribution is -0.140. The van der Waals surface area contributed by atoms with Gasteiger partial charge in [0.25, 0.3) is 0 Å². The second-order valence-corrected chi connectivity index (χ2v) is 6.02. The summed E-state index contributed by atoms with van der Waals surface area (Å²) in [5.74, 6) is 0.206. The minimum absolute atomic E-state index is 0.0662. The van der Waals surface area contributed by atoms with Crippen LogP contribution in [0.15, 0.2) is 0 Å². The molecular weight excluding hydrogens is 244 g/mol. The molecule has 2 saturated carbocycles. The number of hydrogen-bond acceptors (Lipinski definition) is 2. The third kappa shape index (κ3) is 3.85. The van der Waals surface area contributed by atoms with Crippen molar-refractivity contribution >= 4 is 12.0 Å². The third-order valence-corrected chi connectivity index (χ3v) is 4.32. The zero-order valence-corrected chi connectivity index (χ0v) is 11.7. The summed E-state index contributed by atoms with van der Waals surface area (Å²) < 4.78 is 0. The molecule has 108 valence electrons. The standard InChI is InChI=1S/C14H24N2O3/c1-3-8(2)11(13(17)18)15-14(19)16-12(9-4-5-9)10-6-7-10/h8-12H,3-7H2,1-2H3,(H,17,18)(H2,15,16,19)/t8?,11-/m1/s1. The van der Waals surface area contributed by atoms with Gasteiger partial charge >= 0.3 is 12.0 Å². The predicted octanol–water partition coefficient (Wildman–Crippen LogP) is 1.97. The summed E-state index contributed by atoms with van der Waals surface area (Å²) in [6, 6.07) is -0.869. The minimum atomic E-state index is -0.959. The molecule has 1 unspecified atom stereocenters. The van der Waals surface area contributed by atoms with Crippen LogP contribution < -0.4 is 10.6 Å². The minimum Gasteiger partial charge on any atom is -0.480 e. The Kier molecular flexibility index (Phi) is 4.32. The molecule has 2 rings (SSSR count). The van der Waals surface area contributed by atoms with Crippen molar-refractivity contribution in [1.82, 2.24) is 10.6 Å². The molecule has 2 amide bonds. The van der Waals surface area contributed by atoms with E-state index in [1.54, 1.807) is 0 Å². The summed E-state index contributed by atoms with van der Waals surface area (Å²) >= 11 is 0. The number of amides is 2. The van der Waals surface area contributed by atoms with Gasteiger partial charge in [-0.25, -0.2) is 9.59 Å². The van der Waals surface area contributed by atoms with Gasteiger partial charge in [-0.15, -0.1) is 0 Å². The number of hydrogen-bond donors (Lipinski definition) is 3. The Balaban J connectivity index is 1.85. The maximum Gasteiger partial charge on any atom is 0.326 e. The maximum absolute atomic E-state index is 12.0. The zero-order chi connectivity index (χ0) is 14.0. The highest BCUT2D eigenvalue weighted by Crippen LogP contribution is 2.44. The SMILES string of the molecule is CCC(C)[C@@H](NC(=O)NC(C1CC1)C1CC1)C(=O)O. The van der Waals surface area contributed by atoms with Gasteiger partial charge < -0.3 is 15.7 Å². The van der Waals surface area contributed by atoms with Gasteiger partial charge in [-0.1, -0.05) is 20.3 Å². The zero-order valence-electron chi connectivity index (χ0n) is 11.7. The van der Waals surface area contributed by atoms with Gasteiger partial charge in [0.15, 0.2) is 0 Å². The van der Waals surface area contributed by atoms with Crippen molar-refractivity contribution in [2.75, 3.05) is 0 Å². The van der Waals surface area contributed by atoms with Gasteiger partial charge in [0.1, 0.15) is 6.04 Å². The number of nitrogens with one attached hydrogen (secondary N) is 2. The Bertz CT molecular complexity index is 339. The van der Waals surface area contributed by atoms with Crippen LogP contribution in [0, 0.1) is 17.8 Å². The van der Waals surface area contributed by atoms with E-state index in [-0.39, 0.29) is 18.0 Å². The van der Waals surface area contributed by atoms with Crippen molar-refractivity contribution in [3.05, 3.63) is 0 Å². The van der Waals surface area contributed by atoms with E-state index in [4.69, 9.17) is 5.11 Å². The Hall–Kier alpha value is -1.26. The molecule has 0 aliphatic heterocycles. The van der Waals surface area contributed by atoms with E-state index >= 15 is 0 Å². The Morgan fingerprint density at radius 2 is 1.68 bits per heavy atom. The smallest absolute Gasteiger partial charge is 0.326 e. The number of rotatable bonds is 7. The fourth-order valence-electron chi connectivity index (χ4n) is 2.55. The Morgan fingerprint density at radius 1 is 1.16 bits per heavy atom. The van der Waals surface area contributed by atoms with Crippen LogP contribution in [0.2, 0.25) is 0 Å². The molecule has 2 fully saturated rings. The van der Waals surface area contributed by atoms with Crippen LogP contribution in [0.25, 0.3) is 0 Å². The van der Waals surface area contributed by atoms with Crippen molar-refractivity contribution in [3.63, 3.8) is 0 Å². The van der Waals surface area contributed by atoms with E-state index in [9.17, 15) is 9.59 Å². The monoisotopic (exact) mass is 268 g/mol. The van der Waals surface area contributed by atoms with Gasteiger partial charge in [0.2, 0.25) is 0 Å². The molecular formula is C14H24N2O3. The molecule has 0 aromatic heterocycles. The normalized spacial score (nSPS) is 21.8. The number of carboxylic acid groups (broad SMARTS) is 1. The first-order chi connectivity index (χ1) is 9.02. The van der Waals surface area contributed by atoms with E-state index in [1.165, 1.54) is 25.7 Å². The predicted molar refractivity (Wildman–Crippen MR) is 71.8 cm³/mol. The van der Waals surface area contributed by atoms with Gasteiger partial charge in [-0.3, -0.25) is 0 Å². The molecule has 0 saturated heterocycles. The van der Waals surface area contributed by atoms with Crippen LogP contribution in [-0.2, 0) is 4.79 Å². The average Bonchev–Trinajstić information content (AvgIpc) is 3.24. The first-order valence-electron chi connectivity index (χ1n) is 7.32. The lowest BCUT2D eigenvalue weighted by Gasteiger charge is -2.23. The topological polar surface area (TPSA) is 78.4 Å². The molecule has 0 aromatic rings. The lowest BCUT2D eigenvalue weighted by atomic mass is 9.99. The number of urea groups is 1. The summed E-state index contributed by atoms with van der Waals surface area (Å²) in [6.45, 7) is 3.77. The molecule has 2 aliphatic carbocycles. The number of carbonyl (C=O) groups is 2. The van der Waals surface area contributed by atoms with E-state index in [2.05, 4.69) is 10.6 Å². The fraction of sp³-hybridized carbons (Fsp3) is 0.857. The molecule has 5 heteroatoms. The highest BCUT2D eigenvalue weighted by Gasteiger charge is 2.42. The summed E-state index contributed by atoms with van der Waals surface area (Å²) in [4.78, 5) is 23.1. The summed E-state index contributed by atoms with van der Waals surface area (Å²) in [7, 11) is 0. The molecule has 2 atom stereocenters. The molecule has 0 spiro atoms. The molecule has 0 bridgehead atoms. The van der Waals surface area contributed by atoms with Crippen molar-refractivity contribution in [2.45, 2.75) is 58.0 Å². The average molecular weight is 268 g/mol. The van der Waals surface area contributed by atoms with E-state index < -0.39 is 12.0 Å². The first kappa shape index (κ1) is 14.2. The quantitative estimate of drug-likeness (QED) is 0.660. The molecule has 3 N–H and O–H groups in total. The second-order valence-electron chi connectivity index (χ2n) is 6.02. The lowest BCUT2D eigenvalue weighted by Crippen LogP contribution is -2.52. The van der Waals surface area contributed by atoms with Gasteiger partial charge in [0.05, 0.1) is 0 Å². The molecule has 2 aliphatic rings. The van der Waals surface area contributed by atoms with Crippen LogP contribution >= 0.6 is 0 Å². The van der Waals surface area contributed by atoms with Gasteiger partial charge in [-0.2, -0.15) is 0 Å². The van der Waals surface area contributed by atoms with Crippen LogP contribution in [0.1, 0.15) is 46.0 Å². The van der Waals surface area contributed by atoms with Gasteiger partial charge in [-0.05, 0) is 43.4 Å². The molecule has 19 heavy (non-hydrogen) atoms. The second kappa shape index (κ2) is 5.80. The van der Waals surface area contributed by atoms with Crippen LogP contribution in [-0.4, -0.2) is 29.2 Å². The summed E-state index contributed by atoms with van der Waals surface area (Å²) in [6.07, 6.45) is 5.49. The Morgan fingerprint density at radius 3 is 2.05 bits per heavy atom. The van der Waals surface area contributed by atoms with Gasteiger partial charge in [0, 0.05) is 6.04 Å². The number of carbonyl (C=O) groups excluding carboxylic acids is 1. The van der Waals surface area contributed by atoms with E-state index in [1.807, 2.05) is 13.8 Å². The Labute approximate surface area is 114 Å². The maximum atomic E-state index is 12.0. The van der Waals surface area contributed by atoms with Crippen LogP contribution in [0.4, 0.5) is 4.79 Å². The van der Waals surface area contributed by atoms with Crippen LogP contribution in [0.3, 0.4) is 0 Å². The molecule has 5 nitrogen and oxygen atoms in total. The highest BCUT2D eigenvalue weighted by atomic mass is 16.4. The molecule has 0 radical (unpaired) electrons. The third-order valence-electron chi connectivity index (χ3n) is 4.32. The molecule has 0 heterocycles. The van der Waals surface area contributed by atoms with Crippen molar-refractivity contribution < 1.29 is 14.7 Å². The molecule has 0 aromatic carbocycles. The van der Waals surface area contributed by atoms with Crippen LogP contribution in [0.5, 0.6) is 0 Å². The van der Waals surface area contributed by atoms with Crippen molar-refractivity contribution in [1.29, 1.82) is 0 Å². The fourth-order valence-corrected chi connectivity index (χ4v) is 2.55. The largest absolute Gasteiger partial charge is 0.480 e. The number of carboxylic acids is 1. The van der Waals surface area contributed by atoms with Crippen molar-refractivity contribution in [2.24, 2.45) is 17.8 Å². The number of aliphatic carboxylic acids is 1. The van der Waals surface area contributed by atoms with Crippen molar-refractivity contribution in [3.8, 4) is 0 Å². The summed E-state index contributed by atoms with van der Waals surface area (Å²) in [5, 5.41) is 14.8.